The number of nitrogens with zero attached hydrogens (tertiary/aromatic N) is 1. The zero-order valence-corrected chi connectivity index (χ0v) is 12.1. The van der Waals surface area contributed by atoms with E-state index in [0.29, 0.717) is 11.7 Å². The number of nitro groups is 1. The SMILES string of the molecule is O=[N+]([O-])c1cccc(O[C@@H](c2ccccc2)[C@H]2CCNC2)c1. The number of benzene rings is 2. The van der Waals surface area contributed by atoms with Crippen LogP contribution in [0.4, 0.5) is 5.69 Å². The van der Waals surface area contributed by atoms with Gasteiger partial charge in [0.05, 0.1) is 11.0 Å². The highest BCUT2D eigenvalue weighted by Gasteiger charge is 2.28. The summed E-state index contributed by atoms with van der Waals surface area (Å²) in [6.07, 6.45) is 0.937. The molecule has 1 N–H and O–H groups in total. The molecule has 2 atom stereocenters. The fraction of sp³-hybridized carbons (Fsp3) is 0.294. The van der Waals surface area contributed by atoms with Crippen molar-refractivity contribution in [2.24, 2.45) is 5.92 Å². The number of nitro benzene ring substituents is 1. The number of hydrogen-bond acceptors (Lipinski definition) is 4. The van der Waals surface area contributed by atoms with E-state index in [0.717, 1.165) is 25.1 Å². The van der Waals surface area contributed by atoms with Crippen LogP contribution in [0, 0.1) is 16.0 Å². The Morgan fingerprint density at radius 2 is 2.00 bits per heavy atom. The van der Waals surface area contributed by atoms with Crippen molar-refractivity contribution in [1.29, 1.82) is 0 Å². The summed E-state index contributed by atoms with van der Waals surface area (Å²) >= 11 is 0. The highest BCUT2D eigenvalue weighted by molar-refractivity contribution is 5.38. The monoisotopic (exact) mass is 298 g/mol. The van der Waals surface area contributed by atoms with Gasteiger partial charge in [-0.05, 0) is 24.6 Å². The summed E-state index contributed by atoms with van der Waals surface area (Å²) in [7, 11) is 0. The lowest BCUT2D eigenvalue weighted by molar-refractivity contribution is -0.385. The molecule has 0 aliphatic carbocycles. The number of nitrogens with one attached hydrogen (secondary N) is 1. The second kappa shape index (κ2) is 6.58. The average molecular weight is 298 g/mol. The molecule has 5 nitrogen and oxygen atoms in total. The molecule has 22 heavy (non-hydrogen) atoms. The Morgan fingerprint density at radius 1 is 1.18 bits per heavy atom. The molecule has 3 rings (SSSR count). The third kappa shape index (κ3) is 3.26. The van der Waals surface area contributed by atoms with E-state index in [4.69, 9.17) is 4.74 Å². The van der Waals surface area contributed by atoms with E-state index >= 15 is 0 Å². The van der Waals surface area contributed by atoms with Gasteiger partial charge in [0.1, 0.15) is 11.9 Å². The van der Waals surface area contributed by atoms with Crippen LogP contribution >= 0.6 is 0 Å². The van der Waals surface area contributed by atoms with Gasteiger partial charge in [-0.2, -0.15) is 0 Å². The summed E-state index contributed by atoms with van der Waals surface area (Å²) in [5.41, 5.74) is 1.15. The highest BCUT2D eigenvalue weighted by atomic mass is 16.6. The normalized spacial score (nSPS) is 18.8. The largest absolute Gasteiger partial charge is 0.485 e. The molecule has 2 aromatic rings. The molecule has 0 spiro atoms. The minimum Gasteiger partial charge on any atom is -0.485 e. The third-order valence-electron chi connectivity index (χ3n) is 3.95. The molecule has 0 unspecified atom stereocenters. The van der Waals surface area contributed by atoms with Gasteiger partial charge in [-0.3, -0.25) is 10.1 Å². The molecule has 1 heterocycles. The molecule has 0 bridgehead atoms. The molecular formula is C17H18N2O3. The van der Waals surface area contributed by atoms with E-state index in [9.17, 15) is 10.1 Å². The predicted octanol–water partition coefficient (Wildman–Crippen LogP) is 3.32. The maximum absolute atomic E-state index is 10.9. The van der Waals surface area contributed by atoms with Crippen LogP contribution in [-0.2, 0) is 0 Å². The van der Waals surface area contributed by atoms with Gasteiger partial charge in [-0.15, -0.1) is 0 Å². The first-order valence-corrected chi connectivity index (χ1v) is 7.41. The molecule has 2 aromatic carbocycles. The van der Waals surface area contributed by atoms with Gasteiger partial charge < -0.3 is 10.1 Å². The highest BCUT2D eigenvalue weighted by Crippen LogP contribution is 2.33. The van der Waals surface area contributed by atoms with Gasteiger partial charge in [-0.1, -0.05) is 36.4 Å². The van der Waals surface area contributed by atoms with Gasteiger partial charge in [-0.25, -0.2) is 0 Å². The van der Waals surface area contributed by atoms with E-state index in [1.54, 1.807) is 12.1 Å². The van der Waals surface area contributed by atoms with Gasteiger partial charge in [0.25, 0.3) is 5.69 Å². The summed E-state index contributed by atoms with van der Waals surface area (Å²) in [6, 6.07) is 16.4. The standard InChI is InChI=1S/C17H18N2O3/c20-19(21)15-7-4-8-16(11-15)22-17(14-9-10-18-12-14)13-5-2-1-3-6-13/h1-8,11,14,17-18H,9-10,12H2/t14-,17-/m0/s1. The van der Waals surface area contributed by atoms with Crippen LogP contribution in [0.1, 0.15) is 18.1 Å². The van der Waals surface area contributed by atoms with E-state index in [1.165, 1.54) is 12.1 Å². The van der Waals surface area contributed by atoms with Crippen molar-refractivity contribution in [3.8, 4) is 5.75 Å². The number of hydrogen-bond donors (Lipinski definition) is 1. The Labute approximate surface area is 129 Å². The lowest BCUT2D eigenvalue weighted by Gasteiger charge is -2.24. The van der Waals surface area contributed by atoms with Crippen LogP contribution in [0.25, 0.3) is 0 Å². The Morgan fingerprint density at radius 3 is 2.68 bits per heavy atom. The van der Waals surface area contributed by atoms with Crippen molar-refractivity contribution < 1.29 is 9.66 Å². The van der Waals surface area contributed by atoms with Gasteiger partial charge in [0.15, 0.2) is 0 Å². The number of non-ortho nitro benzene ring substituents is 1. The average Bonchev–Trinajstić information content (AvgIpc) is 3.08. The van der Waals surface area contributed by atoms with Crippen LogP contribution in [0.5, 0.6) is 5.75 Å². The van der Waals surface area contributed by atoms with Crippen LogP contribution in [0.3, 0.4) is 0 Å². The summed E-state index contributed by atoms with van der Waals surface area (Å²) in [5, 5.41) is 14.3. The minimum atomic E-state index is -0.401. The molecule has 0 amide bonds. The lowest BCUT2D eigenvalue weighted by Crippen LogP contribution is -2.21. The van der Waals surface area contributed by atoms with Crippen LogP contribution in [0.15, 0.2) is 54.6 Å². The molecular weight excluding hydrogens is 280 g/mol. The molecule has 1 aliphatic rings. The number of ether oxygens (including phenoxy) is 1. The first kappa shape index (κ1) is 14.5. The quantitative estimate of drug-likeness (QED) is 0.679. The Balaban J connectivity index is 1.86. The third-order valence-corrected chi connectivity index (χ3v) is 3.95. The molecule has 0 aromatic heterocycles. The van der Waals surface area contributed by atoms with Crippen LogP contribution in [-0.4, -0.2) is 18.0 Å². The lowest BCUT2D eigenvalue weighted by atomic mass is 9.95. The Hall–Kier alpha value is -2.40. The summed E-state index contributed by atoms with van der Waals surface area (Å²) < 4.78 is 6.13. The molecule has 1 saturated heterocycles. The van der Waals surface area contributed by atoms with Crippen molar-refractivity contribution in [3.63, 3.8) is 0 Å². The van der Waals surface area contributed by atoms with Gasteiger partial charge >= 0.3 is 0 Å². The second-order valence-electron chi connectivity index (χ2n) is 5.46. The Bertz CT molecular complexity index is 639. The van der Waals surface area contributed by atoms with Gasteiger partial charge in [0.2, 0.25) is 0 Å². The Kier molecular flexibility index (Phi) is 4.34. The van der Waals surface area contributed by atoms with Crippen molar-refractivity contribution in [2.45, 2.75) is 12.5 Å². The van der Waals surface area contributed by atoms with Crippen molar-refractivity contribution in [3.05, 3.63) is 70.3 Å². The molecule has 5 heteroatoms. The fourth-order valence-electron chi connectivity index (χ4n) is 2.83. The van der Waals surface area contributed by atoms with Crippen molar-refractivity contribution >= 4 is 5.69 Å². The van der Waals surface area contributed by atoms with Crippen molar-refractivity contribution in [2.75, 3.05) is 13.1 Å². The molecule has 1 fully saturated rings. The molecule has 0 saturated carbocycles. The van der Waals surface area contributed by atoms with E-state index in [2.05, 4.69) is 5.32 Å². The maximum Gasteiger partial charge on any atom is 0.273 e. The fourth-order valence-corrected chi connectivity index (χ4v) is 2.83. The second-order valence-corrected chi connectivity index (χ2v) is 5.46. The summed E-state index contributed by atoms with van der Waals surface area (Å²) in [6.45, 7) is 1.88. The van der Waals surface area contributed by atoms with Crippen molar-refractivity contribution in [1.82, 2.24) is 5.32 Å². The number of rotatable bonds is 5. The van der Waals surface area contributed by atoms with E-state index in [1.807, 2.05) is 30.3 Å². The summed E-state index contributed by atoms with van der Waals surface area (Å²) in [5.74, 6) is 0.900. The topological polar surface area (TPSA) is 64.4 Å². The van der Waals surface area contributed by atoms with E-state index < -0.39 is 4.92 Å². The first-order valence-electron chi connectivity index (χ1n) is 7.41. The zero-order chi connectivity index (χ0) is 15.4. The summed E-state index contributed by atoms with van der Waals surface area (Å²) in [4.78, 5) is 10.5. The molecule has 114 valence electrons. The predicted molar refractivity (Wildman–Crippen MR) is 83.9 cm³/mol. The zero-order valence-electron chi connectivity index (χ0n) is 12.1. The minimum absolute atomic E-state index is 0.0499. The first-order chi connectivity index (χ1) is 10.7. The van der Waals surface area contributed by atoms with E-state index in [-0.39, 0.29) is 11.8 Å². The smallest absolute Gasteiger partial charge is 0.273 e. The molecule has 0 radical (unpaired) electrons. The maximum atomic E-state index is 10.9. The van der Waals surface area contributed by atoms with Crippen LogP contribution in [0.2, 0.25) is 0 Å². The molecule has 1 aliphatic heterocycles. The van der Waals surface area contributed by atoms with Gasteiger partial charge in [0, 0.05) is 18.5 Å². The van der Waals surface area contributed by atoms with Crippen LogP contribution < -0.4 is 10.1 Å².